The molecule has 2 N–H and O–H groups in total. The molecule has 0 heterocycles. The van der Waals surface area contributed by atoms with Crippen molar-refractivity contribution in [3.63, 3.8) is 0 Å². The Hall–Kier alpha value is -7.58. The van der Waals surface area contributed by atoms with Gasteiger partial charge in [0.05, 0.1) is 42.8 Å². The van der Waals surface area contributed by atoms with Crippen molar-refractivity contribution in [2.75, 3.05) is 39.6 Å². The van der Waals surface area contributed by atoms with Crippen LogP contribution in [0.25, 0.3) is 0 Å². The van der Waals surface area contributed by atoms with Crippen molar-refractivity contribution in [2.24, 2.45) is 0 Å². The van der Waals surface area contributed by atoms with Crippen molar-refractivity contribution in [1.29, 1.82) is 0 Å². The molecule has 75 heavy (non-hydrogen) atoms. The number of benzene rings is 8. The second-order valence-corrected chi connectivity index (χ2v) is 21.1. The molecule has 8 rings (SSSR count). The predicted molar refractivity (Wildman–Crippen MR) is 290 cm³/mol. The molecular formula is C63H62O11S. The second-order valence-electron chi connectivity index (χ2n) is 19.2. The van der Waals surface area contributed by atoms with E-state index in [1.165, 1.54) is 0 Å². The van der Waals surface area contributed by atoms with E-state index in [-0.39, 0.29) is 52.8 Å². The maximum atomic E-state index is 13.5. The van der Waals surface area contributed by atoms with Crippen molar-refractivity contribution in [2.45, 2.75) is 61.3 Å². The molecule has 0 saturated carbocycles. The van der Waals surface area contributed by atoms with Crippen molar-refractivity contribution in [1.82, 2.24) is 0 Å². The van der Waals surface area contributed by atoms with E-state index in [4.69, 9.17) is 33.5 Å². The van der Waals surface area contributed by atoms with Crippen molar-refractivity contribution in [3.05, 3.63) is 233 Å². The van der Waals surface area contributed by atoms with Crippen LogP contribution < -0.4 is 18.9 Å². The Morgan fingerprint density at radius 1 is 0.440 bits per heavy atom. The highest BCUT2D eigenvalue weighted by Gasteiger charge is 2.25. The molecule has 8 aromatic carbocycles. The summed E-state index contributed by atoms with van der Waals surface area (Å²) in [6.45, 7) is 11.6. The highest BCUT2D eigenvalue weighted by Crippen LogP contribution is 2.37. The Bertz CT molecular complexity index is 3210. The molecule has 0 amide bonds. The van der Waals surface area contributed by atoms with Crippen molar-refractivity contribution >= 4 is 15.6 Å². The van der Waals surface area contributed by atoms with Gasteiger partial charge < -0.3 is 38.6 Å². The molecule has 0 aliphatic rings. The molecule has 386 valence electrons. The van der Waals surface area contributed by atoms with Gasteiger partial charge in [0.25, 0.3) is 0 Å². The lowest BCUT2D eigenvalue weighted by Crippen LogP contribution is -2.24. The fourth-order valence-electron chi connectivity index (χ4n) is 8.33. The second kappa shape index (κ2) is 24.2. The summed E-state index contributed by atoms with van der Waals surface area (Å²) in [6.07, 6.45) is -0.783. The Balaban J connectivity index is 0.790. The van der Waals surface area contributed by atoms with Crippen LogP contribution in [-0.4, -0.2) is 70.2 Å². The van der Waals surface area contributed by atoms with Gasteiger partial charge in [-0.25, -0.2) is 8.42 Å². The number of hydrogen-bond donors (Lipinski definition) is 2. The molecule has 0 spiro atoms. The molecule has 0 aliphatic carbocycles. The molecule has 0 saturated heterocycles. The first-order chi connectivity index (χ1) is 36.1. The zero-order valence-electron chi connectivity index (χ0n) is 42.8. The molecular weight excluding hydrogens is 965 g/mol. The van der Waals surface area contributed by atoms with Crippen LogP contribution in [0.15, 0.2) is 204 Å². The molecule has 0 aromatic heterocycles. The number of hydrogen-bond acceptors (Lipinski definition) is 11. The summed E-state index contributed by atoms with van der Waals surface area (Å²) in [6, 6.07) is 59.1. The van der Waals surface area contributed by atoms with Crippen LogP contribution in [0, 0.1) is 6.92 Å². The average molecular weight is 1030 g/mol. The third kappa shape index (κ3) is 13.8. The quantitative estimate of drug-likeness (QED) is 0.0440. The average Bonchev–Trinajstić information content (AvgIpc) is 3.42. The molecule has 0 radical (unpaired) electrons. The lowest BCUT2D eigenvalue weighted by Gasteiger charge is -2.26. The van der Waals surface area contributed by atoms with E-state index in [1.54, 1.807) is 97.1 Å². The summed E-state index contributed by atoms with van der Waals surface area (Å²) in [4.78, 5) is 13.9. The normalized spacial score (nSPS) is 12.2. The number of aliphatic hydroxyl groups excluding tert-OH is 2. The minimum absolute atomic E-state index is 0.0377. The van der Waals surface area contributed by atoms with Crippen LogP contribution in [0.4, 0.5) is 0 Å². The van der Waals surface area contributed by atoms with Crippen molar-refractivity contribution in [3.8, 4) is 40.2 Å². The zero-order valence-corrected chi connectivity index (χ0v) is 43.6. The molecule has 0 fully saturated rings. The van der Waals surface area contributed by atoms with Gasteiger partial charge in [0.15, 0.2) is 5.78 Å². The molecule has 0 aliphatic heterocycles. The number of carbonyl (C=O) groups is 1. The highest BCUT2D eigenvalue weighted by molar-refractivity contribution is 7.91. The molecule has 11 nitrogen and oxygen atoms in total. The largest absolute Gasteiger partial charge is 0.491 e. The van der Waals surface area contributed by atoms with Crippen molar-refractivity contribution < 1.29 is 51.8 Å². The molecule has 8 aromatic rings. The van der Waals surface area contributed by atoms with E-state index < -0.39 is 15.9 Å². The number of rotatable bonds is 24. The van der Waals surface area contributed by atoms with E-state index in [1.807, 2.05) is 104 Å². The van der Waals surface area contributed by atoms with Gasteiger partial charge in [-0.2, -0.15) is 0 Å². The van der Waals surface area contributed by atoms with Crippen LogP contribution in [0.1, 0.15) is 71.4 Å². The standard InChI is InChI=1S/C63H62O11S/c1-44-6-34-59(35-7-44)75(67,68)60-36-32-58(33-37-60)74-57-30-18-50(19-31-57)63(4,5)49-16-28-56(29-17-49)73-54-22-10-46(11-23-54)61(66)45-8-20-53(21-9-45)72-55-26-14-48(15-27-55)62(2,3)47-12-24-52(25-13-47)71-43-51(65)42-70-41-40-69-39-38-64/h6-37,51,64-65H,38-43H2,1-5H3. The first-order valence-electron chi connectivity index (χ1n) is 24.8. The Morgan fingerprint density at radius 2 is 0.760 bits per heavy atom. The van der Waals surface area contributed by atoms with Gasteiger partial charge in [0, 0.05) is 22.0 Å². The Morgan fingerprint density at radius 3 is 1.13 bits per heavy atom. The SMILES string of the molecule is Cc1ccc(S(=O)(=O)c2ccc(Oc3ccc(C(C)(C)c4ccc(Oc5ccc(C(=O)c6ccc(Oc7ccc(C(C)(C)c8ccc(OCC(O)COCCOCCO)cc8)cc7)cc6)cc5)cc4)cc3)cc2)cc1. The van der Waals surface area contributed by atoms with E-state index in [0.717, 1.165) is 27.8 Å². The summed E-state index contributed by atoms with van der Waals surface area (Å²) in [7, 11) is -3.63. The Kier molecular flexibility index (Phi) is 17.3. The molecule has 1 atom stereocenters. The third-order valence-corrected chi connectivity index (χ3v) is 14.9. The minimum atomic E-state index is -3.63. The van der Waals surface area contributed by atoms with Crippen LogP contribution in [0.2, 0.25) is 0 Å². The topological polar surface area (TPSA) is 147 Å². The molecule has 0 bridgehead atoms. The van der Waals surface area contributed by atoms with Gasteiger partial charge >= 0.3 is 0 Å². The smallest absolute Gasteiger partial charge is 0.206 e. The summed E-state index contributed by atoms with van der Waals surface area (Å²) in [5, 5.41) is 19.0. The minimum Gasteiger partial charge on any atom is -0.491 e. The number of ketones is 1. The fraction of sp³-hybridized carbons (Fsp3) is 0.222. The summed E-state index contributed by atoms with van der Waals surface area (Å²) in [5.74, 6) is 4.23. The van der Waals surface area contributed by atoms with Gasteiger partial charge in [0.1, 0.15) is 53.0 Å². The van der Waals surface area contributed by atoms with Crippen LogP contribution >= 0.6 is 0 Å². The number of ether oxygens (including phenoxy) is 6. The number of aryl methyl sites for hydroxylation is 1. The van der Waals surface area contributed by atoms with Crippen LogP contribution in [0.3, 0.4) is 0 Å². The monoisotopic (exact) mass is 1030 g/mol. The van der Waals surface area contributed by atoms with Crippen LogP contribution in [0.5, 0.6) is 40.2 Å². The number of carbonyl (C=O) groups excluding carboxylic acids is 1. The van der Waals surface area contributed by atoms with Gasteiger partial charge in [-0.15, -0.1) is 0 Å². The molecule has 12 heteroatoms. The maximum absolute atomic E-state index is 13.5. The highest BCUT2D eigenvalue weighted by atomic mass is 32.2. The van der Waals surface area contributed by atoms with E-state index in [9.17, 15) is 18.3 Å². The lowest BCUT2D eigenvalue weighted by molar-refractivity contribution is -0.0147. The number of aliphatic hydroxyl groups is 2. The Labute approximate surface area is 439 Å². The fourth-order valence-corrected chi connectivity index (χ4v) is 9.59. The summed E-state index contributed by atoms with van der Waals surface area (Å²) in [5.41, 5.74) is 5.77. The van der Waals surface area contributed by atoms with E-state index in [2.05, 4.69) is 27.7 Å². The van der Waals surface area contributed by atoms with Gasteiger partial charge in [-0.3, -0.25) is 4.79 Å². The predicted octanol–water partition coefficient (Wildman–Crippen LogP) is 12.9. The first-order valence-corrected chi connectivity index (χ1v) is 26.3. The van der Waals surface area contributed by atoms with Gasteiger partial charge in [-0.05, 0) is 163 Å². The van der Waals surface area contributed by atoms with Crippen LogP contribution in [-0.2, 0) is 30.1 Å². The van der Waals surface area contributed by atoms with Gasteiger partial charge in [-0.1, -0.05) is 93.9 Å². The van der Waals surface area contributed by atoms with Gasteiger partial charge in [0.2, 0.25) is 9.84 Å². The number of sulfone groups is 1. The molecule has 1 unspecified atom stereocenters. The summed E-state index contributed by atoms with van der Waals surface area (Å²) < 4.78 is 60.9. The first kappa shape index (κ1) is 53.7. The third-order valence-electron chi connectivity index (χ3n) is 13.1. The van der Waals surface area contributed by atoms with E-state index >= 15 is 0 Å². The maximum Gasteiger partial charge on any atom is 0.206 e. The summed E-state index contributed by atoms with van der Waals surface area (Å²) >= 11 is 0. The van der Waals surface area contributed by atoms with E-state index in [0.29, 0.717) is 64.6 Å². The zero-order chi connectivity index (χ0) is 53.0. The lowest BCUT2D eigenvalue weighted by atomic mass is 9.78.